The smallest absolute Gasteiger partial charge is 0.262 e. The van der Waals surface area contributed by atoms with Gasteiger partial charge < -0.3 is 14.6 Å². The van der Waals surface area contributed by atoms with Crippen molar-refractivity contribution >= 4 is 11.0 Å². The Bertz CT molecular complexity index is 1050. The summed E-state index contributed by atoms with van der Waals surface area (Å²) >= 11 is 0. The lowest BCUT2D eigenvalue weighted by Gasteiger charge is -2.18. The van der Waals surface area contributed by atoms with Gasteiger partial charge in [0.05, 0.1) is 19.3 Å². The number of methoxy groups -OCH3 is 1. The standard InChI is InChI=1S/C20H23N5O2/c1-13(2)24-9-8-15(12-24)25-19-16(11-21-25)20(26)23-18(22-19)10-14-6-4-5-7-17(14)27-3/h4-7,11,15H,1,8-10,12H2,2-3H3,(H,22,23,26). The Labute approximate surface area is 157 Å². The first-order chi connectivity index (χ1) is 13.1. The number of nitrogens with zero attached hydrogens (tertiary/aromatic N) is 4. The lowest BCUT2D eigenvalue weighted by Crippen LogP contribution is -2.20. The molecule has 3 heterocycles. The molecule has 1 aromatic carbocycles. The van der Waals surface area contributed by atoms with Crippen molar-refractivity contribution in [3.63, 3.8) is 0 Å². The first-order valence-corrected chi connectivity index (χ1v) is 9.05. The van der Waals surface area contributed by atoms with Crippen LogP contribution in [0.2, 0.25) is 0 Å². The van der Waals surface area contributed by atoms with Crippen LogP contribution in [-0.4, -0.2) is 44.8 Å². The third-order valence-corrected chi connectivity index (χ3v) is 5.11. The molecule has 2 aromatic heterocycles. The van der Waals surface area contributed by atoms with Crippen molar-refractivity contribution in [3.8, 4) is 5.75 Å². The molecule has 1 atom stereocenters. The first kappa shape index (κ1) is 17.3. The molecule has 7 nitrogen and oxygen atoms in total. The largest absolute Gasteiger partial charge is 0.496 e. The van der Waals surface area contributed by atoms with Gasteiger partial charge in [-0.25, -0.2) is 9.67 Å². The molecule has 0 radical (unpaired) electrons. The fraction of sp³-hybridized carbons (Fsp3) is 0.350. The van der Waals surface area contributed by atoms with Gasteiger partial charge in [0, 0.05) is 30.8 Å². The third-order valence-electron chi connectivity index (χ3n) is 5.11. The third kappa shape index (κ3) is 3.20. The Morgan fingerprint density at radius 3 is 2.96 bits per heavy atom. The summed E-state index contributed by atoms with van der Waals surface area (Å²) in [6, 6.07) is 7.93. The Kier molecular flexibility index (Phi) is 4.43. The van der Waals surface area contributed by atoms with E-state index in [0.717, 1.165) is 36.5 Å². The van der Waals surface area contributed by atoms with Crippen molar-refractivity contribution in [3.05, 3.63) is 64.5 Å². The van der Waals surface area contributed by atoms with Gasteiger partial charge in [-0.05, 0) is 19.4 Å². The molecule has 1 aliphatic rings. The molecule has 0 saturated carbocycles. The minimum Gasteiger partial charge on any atom is -0.496 e. The maximum atomic E-state index is 12.5. The number of nitrogens with one attached hydrogen (secondary N) is 1. The van der Waals surface area contributed by atoms with E-state index in [0.29, 0.717) is 23.3 Å². The lowest BCUT2D eigenvalue weighted by molar-refractivity contribution is 0.395. The molecule has 0 spiro atoms. The van der Waals surface area contributed by atoms with Gasteiger partial charge in [0.2, 0.25) is 0 Å². The van der Waals surface area contributed by atoms with Crippen molar-refractivity contribution in [1.82, 2.24) is 24.6 Å². The number of allylic oxidation sites excluding steroid dienone is 1. The van der Waals surface area contributed by atoms with Gasteiger partial charge in [-0.2, -0.15) is 5.10 Å². The van der Waals surface area contributed by atoms with Crippen LogP contribution in [0.15, 0.2) is 47.5 Å². The number of H-pyrrole nitrogens is 1. The Morgan fingerprint density at radius 1 is 1.41 bits per heavy atom. The average Bonchev–Trinajstić information content (AvgIpc) is 3.29. The normalized spacial score (nSPS) is 16.8. The quantitative estimate of drug-likeness (QED) is 0.752. The molecular weight excluding hydrogens is 342 g/mol. The van der Waals surface area contributed by atoms with Crippen molar-refractivity contribution in [2.24, 2.45) is 0 Å². The number of benzene rings is 1. The van der Waals surface area contributed by atoms with Crippen molar-refractivity contribution in [2.45, 2.75) is 25.8 Å². The van der Waals surface area contributed by atoms with E-state index >= 15 is 0 Å². The summed E-state index contributed by atoms with van der Waals surface area (Å²) in [5.74, 6) is 1.38. The Morgan fingerprint density at radius 2 is 2.22 bits per heavy atom. The number of hydrogen-bond acceptors (Lipinski definition) is 5. The maximum absolute atomic E-state index is 12.5. The van der Waals surface area contributed by atoms with E-state index in [1.807, 2.05) is 35.9 Å². The summed E-state index contributed by atoms with van der Waals surface area (Å²) in [5, 5.41) is 4.99. The molecule has 0 amide bonds. The second-order valence-electron chi connectivity index (χ2n) is 6.95. The minimum atomic E-state index is -0.161. The number of para-hydroxylation sites is 1. The predicted molar refractivity (Wildman–Crippen MR) is 104 cm³/mol. The zero-order valence-corrected chi connectivity index (χ0v) is 15.6. The SMILES string of the molecule is C=C(C)N1CCC(n2ncc3c(=O)[nH]c(Cc4ccccc4OC)nc32)C1. The Hall–Kier alpha value is -3.09. The summed E-state index contributed by atoms with van der Waals surface area (Å²) in [5.41, 5.74) is 2.50. The van der Waals surface area contributed by atoms with Crippen LogP contribution in [0.25, 0.3) is 11.0 Å². The van der Waals surface area contributed by atoms with Gasteiger partial charge in [0.15, 0.2) is 5.65 Å². The van der Waals surface area contributed by atoms with Crippen LogP contribution in [0.5, 0.6) is 5.75 Å². The lowest BCUT2D eigenvalue weighted by atomic mass is 10.1. The van der Waals surface area contributed by atoms with E-state index in [2.05, 4.69) is 21.6 Å². The first-order valence-electron chi connectivity index (χ1n) is 9.05. The Balaban J connectivity index is 1.70. The number of aromatic amines is 1. The number of likely N-dealkylation sites (tertiary alicyclic amines) is 1. The van der Waals surface area contributed by atoms with Crippen LogP contribution in [0, 0.1) is 0 Å². The number of aromatic nitrogens is 4. The minimum absolute atomic E-state index is 0.161. The summed E-state index contributed by atoms with van der Waals surface area (Å²) < 4.78 is 7.30. The molecule has 4 rings (SSSR count). The molecule has 27 heavy (non-hydrogen) atoms. The zero-order valence-electron chi connectivity index (χ0n) is 15.6. The number of hydrogen-bond donors (Lipinski definition) is 1. The van der Waals surface area contributed by atoms with Gasteiger partial charge >= 0.3 is 0 Å². The van der Waals surface area contributed by atoms with E-state index in [1.165, 1.54) is 0 Å². The fourth-order valence-electron chi connectivity index (χ4n) is 3.65. The highest BCUT2D eigenvalue weighted by molar-refractivity contribution is 5.73. The van der Waals surface area contributed by atoms with Crippen LogP contribution >= 0.6 is 0 Å². The van der Waals surface area contributed by atoms with Gasteiger partial charge in [-0.15, -0.1) is 0 Å². The van der Waals surface area contributed by atoms with Crippen molar-refractivity contribution in [2.75, 3.05) is 20.2 Å². The van der Waals surface area contributed by atoms with Crippen LogP contribution in [0.3, 0.4) is 0 Å². The van der Waals surface area contributed by atoms with Crippen LogP contribution in [-0.2, 0) is 6.42 Å². The summed E-state index contributed by atoms with van der Waals surface area (Å²) in [4.78, 5) is 22.4. The molecule has 3 aromatic rings. The molecule has 1 aliphatic heterocycles. The zero-order chi connectivity index (χ0) is 19.0. The summed E-state index contributed by atoms with van der Waals surface area (Å²) in [6.45, 7) is 7.81. The molecule has 1 N–H and O–H groups in total. The second-order valence-corrected chi connectivity index (χ2v) is 6.95. The molecule has 7 heteroatoms. The summed E-state index contributed by atoms with van der Waals surface area (Å²) in [7, 11) is 1.64. The summed E-state index contributed by atoms with van der Waals surface area (Å²) in [6.07, 6.45) is 3.06. The number of ether oxygens (including phenoxy) is 1. The molecular formula is C20H23N5O2. The molecule has 1 unspecified atom stereocenters. The van der Waals surface area contributed by atoms with E-state index in [9.17, 15) is 4.79 Å². The van der Waals surface area contributed by atoms with Crippen molar-refractivity contribution in [1.29, 1.82) is 0 Å². The molecule has 0 bridgehead atoms. The van der Waals surface area contributed by atoms with E-state index < -0.39 is 0 Å². The topological polar surface area (TPSA) is 76.0 Å². The van der Waals surface area contributed by atoms with Gasteiger partial charge in [-0.1, -0.05) is 24.8 Å². The van der Waals surface area contributed by atoms with E-state index in [4.69, 9.17) is 9.72 Å². The van der Waals surface area contributed by atoms with E-state index in [1.54, 1.807) is 13.3 Å². The number of fused-ring (bicyclic) bond motifs is 1. The second kappa shape index (κ2) is 6.90. The van der Waals surface area contributed by atoms with Gasteiger partial charge in [0.25, 0.3) is 5.56 Å². The van der Waals surface area contributed by atoms with Crippen molar-refractivity contribution < 1.29 is 4.74 Å². The molecule has 140 valence electrons. The van der Waals surface area contributed by atoms with Crippen LogP contribution in [0.4, 0.5) is 0 Å². The van der Waals surface area contributed by atoms with Gasteiger partial charge in [0.1, 0.15) is 17.0 Å². The monoisotopic (exact) mass is 365 g/mol. The highest BCUT2D eigenvalue weighted by Gasteiger charge is 2.26. The van der Waals surface area contributed by atoms with E-state index in [-0.39, 0.29) is 11.6 Å². The maximum Gasteiger partial charge on any atom is 0.262 e. The highest BCUT2D eigenvalue weighted by atomic mass is 16.5. The average molecular weight is 365 g/mol. The van der Waals surface area contributed by atoms with Crippen LogP contribution in [0.1, 0.15) is 30.8 Å². The van der Waals surface area contributed by atoms with Crippen LogP contribution < -0.4 is 10.3 Å². The highest BCUT2D eigenvalue weighted by Crippen LogP contribution is 2.26. The number of rotatable bonds is 5. The fourth-order valence-corrected chi connectivity index (χ4v) is 3.65. The molecule has 1 fully saturated rings. The molecule has 0 aliphatic carbocycles. The predicted octanol–water partition coefficient (Wildman–Crippen LogP) is 2.50. The molecule has 1 saturated heterocycles. The van der Waals surface area contributed by atoms with Gasteiger partial charge in [-0.3, -0.25) is 4.79 Å².